The molecule has 2 rings (SSSR count). The summed E-state index contributed by atoms with van der Waals surface area (Å²) in [5.74, 6) is -2.40. The van der Waals surface area contributed by atoms with Crippen molar-refractivity contribution in [2.24, 2.45) is 0 Å². The number of sulfone groups is 1. The largest absolute Gasteiger partial charge is 0.501 e. The second-order valence-corrected chi connectivity index (χ2v) is 9.73. The first-order valence-corrected chi connectivity index (χ1v) is 11.4. The number of nitrogens with one attached hydrogen (secondary N) is 2. The Kier molecular flexibility index (Phi) is 7.32. The zero-order valence-corrected chi connectivity index (χ0v) is 17.9. The first-order valence-electron chi connectivity index (χ1n) is 8.45. The van der Waals surface area contributed by atoms with Gasteiger partial charge in [0.15, 0.2) is 0 Å². The zero-order valence-electron chi connectivity index (χ0n) is 16.2. The molecule has 2 aromatic carbocycles. The molecule has 0 spiro atoms. The van der Waals surface area contributed by atoms with Gasteiger partial charge in [0.05, 0.1) is 17.7 Å². The topological polar surface area (TPSA) is 119 Å². The number of amides is 1. The number of ether oxygens (including phenoxy) is 1. The maximum absolute atomic E-state index is 14.0. The third-order valence-corrected chi connectivity index (χ3v) is 6.86. The van der Waals surface area contributed by atoms with Crippen molar-refractivity contribution in [1.29, 1.82) is 0 Å². The van der Waals surface area contributed by atoms with E-state index < -0.39 is 52.6 Å². The molecule has 0 fully saturated rings. The Morgan fingerprint density at radius 1 is 1.12 bits per heavy atom. The smallest absolute Gasteiger partial charge is 0.495 e. The summed E-state index contributed by atoms with van der Waals surface area (Å²) in [6, 6.07) is 4.42. The molecule has 0 heterocycles. The summed E-state index contributed by atoms with van der Waals surface area (Å²) in [6.45, 7) is 3.11. The van der Waals surface area contributed by atoms with Crippen LogP contribution < -0.4 is 14.8 Å². The van der Waals surface area contributed by atoms with E-state index in [2.05, 4.69) is 11.9 Å². The van der Waals surface area contributed by atoms with Gasteiger partial charge in [-0.1, -0.05) is 6.08 Å². The van der Waals surface area contributed by atoms with Crippen molar-refractivity contribution in [3.05, 3.63) is 60.4 Å². The van der Waals surface area contributed by atoms with Gasteiger partial charge in [-0.3, -0.25) is 4.79 Å². The SMILES string of the molecule is C=CCNS(=O)(=O)c1cc(C(=O)Nc2cc(S(=O)(=O)C(F)(F)F)ccc2OC)ccc1F. The van der Waals surface area contributed by atoms with Crippen LogP contribution in [0.15, 0.2) is 58.8 Å². The molecule has 2 aromatic rings. The van der Waals surface area contributed by atoms with E-state index in [9.17, 15) is 39.2 Å². The maximum Gasteiger partial charge on any atom is 0.501 e. The molecule has 2 N–H and O–H groups in total. The van der Waals surface area contributed by atoms with Gasteiger partial charge in [-0.05, 0) is 36.4 Å². The second-order valence-electron chi connectivity index (χ2n) is 6.05. The van der Waals surface area contributed by atoms with Gasteiger partial charge in [0, 0.05) is 12.1 Å². The summed E-state index contributed by atoms with van der Waals surface area (Å²) in [4.78, 5) is 10.5. The van der Waals surface area contributed by atoms with Crippen molar-refractivity contribution < 1.29 is 43.9 Å². The highest BCUT2D eigenvalue weighted by molar-refractivity contribution is 7.92. The van der Waals surface area contributed by atoms with E-state index in [4.69, 9.17) is 4.74 Å². The van der Waals surface area contributed by atoms with Crippen molar-refractivity contribution in [1.82, 2.24) is 4.72 Å². The van der Waals surface area contributed by atoms with E-state index in [1.165, 1.54) is 6.08 Å². The lowest BCUT2D eigenvalue weighted by Gasteiger charge is -2.14. The lowest BCUT2D eigenvalue weighted by Crippen LogP contribution is -2.25. The first-order chi connectivity index (χ1) is 14.7. The molecule has 0 aliphatic heterocycles. The third-order valence-electron chi connectivity index (χ3n) is 3.93. The molecule has 0 aliphatic rings. The van der Waals surface area contributed by atoms with E-state index in [0.29, 0.717) is 24.3 Å². The van der Waals surface area contributed by atoms with Crippen LogP contribution in [0.2, 0.25) is 0 Å². The summed E-state index contributed by atoms with van der Waals surface area (Å²) in [6.07, 6.45) is 1.21. The summed E-state index contributed by atoms with van der Waals surface area (Å²) in [5.41, 5.74) is -6.40. The Hall–Kier alpha value is -2.97. The predicted molar refractivity (Wildman–Crippen MR) is 106 cm³/mol. The molecule has 0 radical (unpaired) electrons. The van der Waals surface area contributed by atoms with E-state index in [-0.39, 0.29) is 17.9 Å². The molecular formula is C18H16F4N2O6S2. The molecule has 0 bridgehead atoms. The van der Waals surface area contributed by atoms with Crippen molar-refractivity contribution in [3.63, 3.8) is 0 Å². The van der Waals surface area contributed by atoms with Crippen molar-refractivity contribution >= 4 is 31.5 Å². The van der Waals surface area contributed by atoms with Crippen LogP contribution in [-0.2, 0) is 19.9 Å². The van der Waals surface area contributed by atoms with Crippen LogP contribution in [-0.4, -0.2) is 41.9 Å². The Balaban J connectivity index is 2.46. The summed E-state index contributed by atoms with van der Waals surface area (Å²) >= 11 is 0. The Labute approximate surface area is 180 Å². The van der Waals surface area contributed by atoms with Crippen LogP contribution >= 0.6 is 0 Å². The fourth-order valence-corrected chi connectivity index (χ4v) is 4.26. The molecule has 174 valence electrons. The fourth-order valence-electron chi connectivity index (χ4n) is 2.38. The quantitative estimate of drug-likeness (QED) is 0.429. The minimum Gasteiger partial charge on any atom is -0.495 e. The van der Waals surface area contributed by atoms with E-state index >= 15 is 0 Å². The van der Waals surface area contributed by atoms with Crippen molar-refractivity contribution in [2.45, 2.75) is 15.3 Å². The summed E-state index contributed by atoms with van der Waals surface area (Å²) in [5, 5.41) is 2.13. The number of halogens is 4. The van der Waals surface area contributed by atoms with Crippen LogP contribution in [0.4, 0.5) is 23.2 Å². The van der Waals surface area contributed by atoms with Crippen LogP contribution in [0.3, 0.4) is 0 Å². The highest BCUT2D eigenvalue weighted by atomic mass is 32.2. The van der Waals surface area contributed by atoms with Gasteiger partial charge in [-0.2, -0.15) is 13.2 Å². The normalized spacial score (nSPS) is 12.3. The molecule has 0 unspecified atom stereocenters. The van der Waals surface area contributed by atoms with E-state index in [1.54, 1.807) is 0 Å². The number of methoxy groups -OCH3 is 1. The van der Waals surface area contributed by atoms with Gasteiger partial charge in [0.25, 0.3) is 15.7 Å². The Bertz CT molecular complexity index is 1260. The number of hydrogen-bond donors (Lipinski definition) is 2. The van der Waals surface area contributed by atoms with Crippen LogP contribution in [0, 0.1) is 5.82 Å². The Morgan fingerprint density at radius 3 is 2.34 bits per heavy atom. The van der Waals surface area contributed by atoms with Crippen molar-refractivity contribution in [2.75, 3.05) is 19.0 Å². The minimum absolute atomic E-state index is 0.179. The highest BCUT2D eigenvalue weighted by Gasteiger charge is 2.47. The second kappa shape index (κ2) is 9.26. The van der Waals surface area contributed by atoms with E-state index in [1.807, 2.05) is 4.72 Å². The number of carbonyl (C=O) groups excluding carboxylic acids is 1. The number of hydrogen-bond acceptors (Lipinski definition) is 6. The fraction of sp³-hybridized carbons (Fsp3) is 0.167. The van der Waals surface area contributed by atoms with Gasteiger partial charge in [0.1, 0.15) is 16.5 Å². The monoisotopic (exact) mass is 496 g/mol. The molecule has 1 amide bonds. The minimum atomic E-state index is -5.72. The van der Waals surface area contributed by atoms with Gasteiger partial charge < -0.3 is 10.1 Å². The maximum atomic E-state index is 14.0. The average Bonchev–Trinajstić information content (AvgIpc) is 2.71. The number of rotatable bonds is 8. The molecule has 0 saturated carbocycles. The summed E-state index contributed by atoms with van der Waals surface area (Å²) in [7, 11) is -8.94. The highest BCUT2D eigenvalue weighted by Crippen LogP contribution is 2.35. The molecule has 14 heteroatoms. The zero-order chi connectivity index (χ0) is 24.3. The van der Waals surface area contributed by atoms with Gasteiger partial charge in [-0.25, -0.2) is 25.9 Å². The molecule has 0 atom stereocenters. The lowest BCUT2D eigenvalue weighted by molar-refractivity contribution is -0.0436. The van der Waals surface area contributed by atoms with E-state index in [0.717, 1.165) is 19.2 Å². The number of carbonyl (C=O) groups is 1. The van der Waals surface area contributed by atoms with Gasteiger partial charge in [-0.15, -0.1) is 6.58 Å². The molecule has 0 aliphatic carbocycles. The number of benzene rings is 2. The molecule has 8 nitrogen and oxygen atoms in total. The molecule has 0 saturated heterocycles. The van der Waals surface area contributed by atoms with Gasteiger partial charge >= 0.3 is 5.51 Å². The van der Waals surface area contributed by atoms with Crippen LogP contribution in [0.25, 0.3) is 0 Å². The number of anilines is 1. The van der Waals surface area contributed by atoms with Crippen LogP contribution in [0.1, 0.15) is 10.4 Å². The lowest BCUT2D eigenvalue weighted by atomic mass is 10.2. The average molecular weight is 496 g/mol. The Morgan fingerprint density at radius 2 is 1.78 bits per heavy atom. The molecular weight excluding hydrogens is 480 g/mol. The summed E-state index contributed by atoms with van der Waals surface area (Å²) < 4.78 is 107. The predicted octanol–water partition coefficient (Wildman–Crippen LogP) is 2.84. The van der Waals surface area contributed by atoms with Gasteiger partial charge in [0.2, 0.25) is 10.0 Å². The third kappa shape index (κ3) is 5.26. The standard InChI is InChI=1S/C18H16F4N2O6S2/c1-3-8-23-32(28,29)16-9-11(4-6-13(16)19)17(25)24-14-10-12(5-7-15(14)30-2)31(26,27)18(20,21)22/h3-7,9-10,23H,1,8H2,2H3,(H,24,25). The molecule has 32 heavy (non-hydrogen) atoms. The first kappa shape index (κ1) is 25.3. The molecule has 0 aromatic heterocycles. The van der Waals surface area contributed by atoms with Crippen LogP contribution in [0.5, 0.6) is 5.75 Å². The number of sulfonamides is 1. The van der Waals surface area contributed by atoms with Crippen molar-refractivity contribution in [3.8, 4) is 5.75 Å². The number of alkyl halides is 3.